The van der Waals surface area contributed by atoms with Gasteiger partial charge < -0.3 is 14.2 Å². The summed E-state index contributed by atoms with van der Waals surface area (Å²) in [6.45, 7) is 8.84. The maximum Gasteiger partial charge on any atom is 0.338 e. The van der Waals surface area contributed by atoms with Crippen LogP contribution in [0.5, 0.6) is 11.5 Å². The Morgan fingerprint density at radius 1 is 0.811 bits per heavy atom. The zero-order chi connectivity index (χ0) is 26.6. The standard InChI is InChI=1S/C31H27FO5/c1-4-30(33)36-20-19-35-27-15-9-23(10-16-27)5-6-25-8-14-26(29(32)21-25)13-7-24-11-17-28(18-12-24)37-31(34)22(2)3/h4-18,21H,1-2,19-20H2,3H3. The summed E-state index contributed by atoms with van der Waals surface area (Å²) in [5.41, 5.74) is 3.26. The van der Waals surface area contributed by atoms with E-state index in [2.05, 4.69) is 13.2 Å². The fraction of sp³-hybridized carbons (Fsp3) is 0.0968. The lowest BCUT2D eigenvalue weighted by atomic mass is 10.1. The highest BCUT2D eigenvalue weighted by atomic mass is 19.1. The van der Waals surface area contributed by atoms with Crippen molar-refractivity contribution in [2.45, 2.75) is 6.92 Å². The van der Waals surface area contributed by atoms with Crippen LogP contribution in [0, 0.1) is 5.82 Å². The Balaban J connectivity index is 1.54. The van der Waals surface area contributed by atoms with Gasteiger partial charge in [0.25, 0.3) is 0 Å². The first-order valence-corrected chi connectivity index (χ1v) is 11.5. The first kappa shape index (κ1) is 26.9. The van der Waals surface area contributed by atoms with Crippen LogP contribution in [0.1, 0.15) is 29.2 Å². The number of esters is 2. The van der Waals surface area contributed by atoms with Crippen LogP contribution in [0.3, 0.4) is 0 Å². The predicted molar refractivity (Wildman–Crippen MR) is 144 cm³/mol. The van der Waals surface area contributed by atoms with Crippen LogP contribution in [0.25, 0.3) is 24.3 Å². The van der Waals surface area contributed by atoms with Gasteiger partial charge in [0, 0.05) is 17.2 Å². The molecule has 6 heteroatoms. The molecule has 0 heterocycles. The van der Waals surface area contributed by atoms with E-state index in [1.807, 2.05) is 30.4 Å². The molecule has 188 valence electrons. The maximum absolute atomic E-state index is 14.6. The lowest BCUT2D eigenvalue weighted by Gasteiger charge is -2.06. The number of halogens is 1. The molecule has 5 nitrogen and oxygen atoms in total. The van der Waals surface area contributed by atoms with Crippen molar-refractivity contribution < 1.29 is 28.2 Å². The van der Waals surface area contributed by atoms with E-state index < -0.39 is 11.9 Å². The quantitative estimate of drug-likeness (QED) is 0.0961. The number of rotatable bonds is 11. The maximum atomic E-state index is 14.6. The van der Waals surface area contributed by atoms with E-state index in [4.69, 9.17) is 14.2 Å². The Morgan fingerprint density at radius 2 is 1.38 bits per heavy atom. The van der Waals surface area contributed by atoms with Gasteiger partial charge in [-0.15, -0.1) is 0 Å². The highest BCUT2D eigenvalue weighted by molar-refractivity contribution is 5.88. The summed E-state index contributed by atoms with van der Waals surface area (Å²) >= 11 is 0. The Hall–Kier alpha value is -4.71. The molecule has 0 saturated heterocycles. The number of benzene rings is 3. The minimum absolute atomic E-state index is 0.141. The van der Waals surface area contributed by atoms with Crippen molar-refractivity contribution in [1.82, 2.24) is 0 Å². The lowest BCUT2D eigenvalue weighted by Crippen LogP contribution is -2.10. The first-order valence-electron chi connectivity index (χ1n) is 11.5. The van der Waals surface area contributed by atoms with Gasteiger partial charge in [-0.05, 0) is 53.9 Å². The molecule has 0 unspecified atom stereocenters. The average Bonchev–Trinajstić information content (AvgIpc) is 2.90. The van der Waals surface area contributed by atoms with E-state index in [0.717, 1.165) is 22.8 Å². The fourth-order valence-electron chi connectivity index (χ4n) is 3.04. The number of ether oxygens (including phenoxy) is 3. The van der Waals surface area contributed by atoms with Crippen LogP contribution >= 0.6 is 0 Å². The Bertz CT molecular complexity index is 1320. The molecule has 0 N–H and O–H groups in total. The molecule has 3 aromatic carbocycles. The number of hydrogen-bond donors (Lipinski definition) is 0. The number of hydrogen-bond acceptors (Lipinski definition) is 5. The zero-order valence-corrected chi connectivity index (χ0v) is 20.5. The fourth-order valence-corrected chi connectivity index (χ4v) is 3.04. The largest absolute Gasteiger partial charge is 0.490 e. The monoisotopic (exact) mass is 498 g/mol. The molecule has 0 saturated carbocycles. The average molecular weight is 499 g/mol. The van der Waals surface area contributed by atoms with Crippen molar-refractivity contribution >= 4 is 36.2 Å². The second-order valence-electron chi connectivity index (χ2n) is 7.98. The molecule has 0 aliphatic carbocycles. The summed E-state index contributed by atoms with van der Waals surface area (Å²) in [6, 6.07) is 19.3. The molecule has 0 aliphatic rings. The lowest BCUT2D eigenvalue weighted by molar-refractivity contribution is -0.138. The number of carbonyl (C=O) groups is 2. The zero-order valence-electron chi connectivity index (χ0n) is 20.5. The minimum Gasteiger partial charge on any atom is -0.490 e. The van der Waals surface area contributed by atoms with E-state index in [0.29, 0.717) is 22.6 Å². The number of carbonyl (C=O) groups excluding carboxylic acids is 2. The summed E-state index contributed by atoms with van der Waals surface area (Å²) in [5.74, 6) is -0.241. The third-order valence-corrected chi connectivity index (χ3v) is 5.03. The smallest absolute Gasteiger partial charge is 0.338 e. The van der Waals surface area contributed by atoms with Crippen LogP contribution in [-0.2, 0) is 14.3 Å². The summed E-state index contributed by atoms with van der Waals surface area (Å²) in [4.78, 5) is 22.6. The molecule has 0 bridgehead atoms. The van der Waals surface area contributed by atoms with Gasteiger partial charge in [0.1, 0.15) is 30.5 Å². The van der Waals surface area contributed by atoms with Gasteiger partial charge in [0.2, 0.25) is 0 Å². The highest BCUT2D eigenvalue weighted by Crippen LogP contribution is 2.19. The second-order valence-corrected chi connectivity index (χ2v) is 7.98. The van der Waals surface area contributed by atoms with Gasteiger partial charge in [0.15, 0.2) is 0 Å². The van der Waals surface area contributed by atoms with Gasteiger partial charge in [0.05, 0.1) is 0 Å². The van der Waals surface area contributed by atoms with Crippen LogP contribution in [0.15, 0.2) is 91.5 Å². The Morgan fingerprint density at radius 3 is 1.97 bits per heavy atom. The van der Waals surface area contributed by atoms with Crippen molar-refractivity contribution in [2.75, 3.05) is 13.2 Å². The summed E-state index contributed by atoms with van der Waals surface area (Å²) in [5, 5.41) is 0. The van der Waals surface area contributed by atoms with Crippen molar-refractivity contribution in [2.24, 2.45) is 0 Å². The van der Waals surface area contributed by atoms with Gasteiger partial charge in [-0.2, -0.15) is 0 Å². The van der Waals surface area contributed by atoms with E-state index in [-0.39, 0.29) is 19.0 Å². The Kier molecular flexibility index (Phi) is 9.74. The molecule has 0 amide bonds. The molecular weight excluding hydrogens is 471 g/mol. The summed E-state index contributed by atoms with van der Waals surface area (Å²) in [7, 11) is 0. The molecule has 3 aromatic rings. The van der Waals surface area contributed by atoms with Crippen LogP contribution in [0.2, 0.25) is 0 Å². The molecule has 0 fully saturated rings. The summed E-state index contributed by atoms with van der Waals surface area (Å²) < 4.78 is 30.2. The van der Waals surface area contributed by atoms with E-state index in [1.54, 1.807) is 61.5 Å². The molecule has 0 atom stereocenters. The molecular formula is C31H27FO5. The first-order chi connectivity index (χ1) is 17.8. The van der Waals surface area contributed by atoms with Gasteiger partial charge in [-0.25, -0.2) is 14.0 Å². The van der Waals surface area contributed by atoms with Crippen LogP contribution in [0.4, 0.5) is 4.39 Å². The third-order valence-electron chi connectivity index (χ3n) is 5.03. The van der Waals surface area contributed by atoms with Gasteiger partial charge >= 0.3 is 11.9 Å². The Labute approximate surface area is 215 Å². The van der Waals surface area contributed by atoms with Crippen molar-refractivity contribution in [1.29, 1.82) is 0 Å². The van der Waals surface area contributed by atoms with Gasteiger partial charge in [-0.3, -0.25) is 0 Å². The highest BCUT2D eigenvalue weighted by Gasteiger charge is 2.05. The molecule has 0 aliphatic heterocycles. The van der Waals surface area contributed by atoms with E-state index >= 15 is 0 Å². The van der Waals surface area contributed by atoms with E-state index in [1.165, 1.54) is 6.07 Å². The minimum atomic E-state index is -0.486. The van der Waals surface area contributed by atoms with Crippen LogP contribution < -0.4 is 9.47 Å². The van der Waals surface area contributed by atoms with Crippen molar-refractivity contribution in [3.8, 4) is 11.5 Å². The normalized spacial score (nSPS) is 10.9. The van der Waals surface area contributed by atoms with Gasteiger partial charge in [-0.1, -0.05) is 73.9 Å². The molecule has 0 aromatic heterocycles. The van der Waals surface area contributed by atoms with Crippen LogP contribution in [-0.4, -0.2) is 25.2 Å². The summed E-state index contributed by atoms with van der Waals surface area (Å²) in [6.07, 6.45) is 8.28. The molecule has 0 spiro atoms. The third kappa shape index (κ3) is 8.78. The molecule has 37 heavy (non-hydrogen) atoms. The SMILES string of the molecule is C=CC(=O)OCCOc1ccc(C=Cc2ccc(C=Cc3ccc(OC(=O)C(=C)C)cc3)c(F)c2)cc1. The topological polar surface area (TPSA) is 61.8 Å². The molecule has 3 rings (SSSR count). The predicted octanol–water partition coefficient (Wildman–Crippen LogP) is 6.76. The van der Waals surface area contributed by atoms with Crippen molar-refractivity contribution in [3.05, 3.63) is 120 Å². The second kappa shape index (κ2) is 13.4. The van der Waals surface area contributed by atoms with E-state index in [9.17, 15) is 14.0 Å². The van der Waals surface area contributed by atoms with Crippen molar-refractivity contribution in [3.63, 3.8) is 0 Å². The molecule has 0 radical (unpaired) electrons.